The molecule has 0 saturated carbocycles. The Hall–Kier alpha value is -2.99. The summed E-state index contributed by atoms with van der Waals surface area (Å²) in [5.41, 5.74) is 0.231. The van der Waals surface area contributed by atoms with Gasteiger partial charge >= 0.3 is 0 Å². The summed E-state index contributed by atoms with van der Waals surface area (Å²) in [6.07, 6.45) is -0.993. The molecule has 10 nitrogen and oxygen atoms in total. The molecule has 0 aliphatic heterocycles. The van der Waals surface area contributed by atoms with Crippen LogP contribution in [0, 0.1) is 11.3 Å². The first-order valence-electron chi connectivity index (χ1n) is 14.1. The molecule has 0 fully saturated rings. The Balaban J connectivity index is 2.40. The maximum absolute atomic E-state index is 13.7. The number of aliphatic hydroxyl groups is 1. The van der Waals surface area contributed by atoms with Crippen LogP contribution >= 0.6 is 0 Å². The number of ether oxygens (including phenoxy) is 1. The smallest absolute Gasteiger partial charge is 0.243 e. The fraction of sp³-hybridized carbons (Fsp3) is 0.548. The molecule has 2 aromatic carbocycles. The minimum atomic E-state index is -3.97. The molecular weight excluding hydrogens is 556 g/mol. The number of benzene rings is 2. The third-order valence-corrected chi connectivity index (χ3v) is 8.49. The van der Waals surface area contributed by atoms with Crippen LogP contribution in [-0.4, -0.2) is 93.6 Å². The Kier molecular flexibility index (Phi) is 13.0. The van der Waals surface area contributed by atoms with Crippen molar-refractivity contribution >= 4 is 21.8 Å². The summed E-state index contributed by atoms with van der Waals surface area (Å²) in [5.74, 6) is -0.252. The van der Waals surface area contributed by atoms with Gasteiger partial charge in [0.05, 0.1) is 30.7 Å². The molecule has 0 heterocycles. The van der Waals surface area contributed by atoms with Gasteiger partial charge in [-0.05, 0) is 61.7 Å². The van der Waals surface area contributed by atoms with Gasteiger partial charge in [0.15, 0.2) is 0 Å². The van der Waals surface area contributed by atoms with E-state index in [9.17, 15) is 23.1 Å². The lowest BCUT2D eigenvalue weighted by atomic mass is 9.85. The third kappa shape index (κ3) is 10.7. The van der Waals surface area contributed by atoms with Gasteiger partial charge in [-0.3, -0.25) is 9.59 Å². The van der Waals surface area contributed by atoms with E-state index in [4.69, 9.17) is 4.74 Å². The first kappa shape index (κ1) is 35.2. The Labute approximate surface area is 251 Å². The van der Waals surface area contributed by atoms with Crippen molar-refractivity contribution in [1.82, 2.24) is 19.8 Å². The summed E-state index contributed by atoms with van der Waals surface area (Å²) in [5, 5.41) is 17.3. The molecule has 0 aromatic heterocycles. The number of hydrogen-bond donors (Lipinski definition) is 3. The zero-order valence-corrected chi connectivity index (χ0v) is 26.9. The van der Waals surface area contributed by atoms with Crippen molar-refractivity contribution in [1.29, 1.82) is 0 Å². The van der Waals surface area contributed by atoms with Gasteiger partial charge in [0.1, 0.15) is 11.8 Å². The number of amides is 2. The Morgan fingerprint density at radius 3 is 2.05 bits per heavy atom. The molecule has 11 heteroatoms. The van der Waals surface area contributed by atoms with Gasteiger partial charge in [-0.15, -0.1) is 0 Å². The summed E-state index contributed by atoms with van der Waals surface area (Å²) in [4.78, 5) is 28.0. The van der Waals surface area contributed by atoms with Crippen LogP contribution in [-0.2, 0) is 26.0 Å². The molecule has 0 spiro atoms. The van der Waals surface area contributed by atoms with Gasteiger partial charge in [0, 0.05) is 13.1 Å². The van der Waals surface area contributed by atoms with Gasteiger partial charge < -0.3 is 25.4 Å². The molecule has 3 atom stereocenters. The van der Waals surface area contributed by atoms with E-state index in [1.807, 2.05) is 65.0 Å². The van der Waals surface area contributed by atoms with Gasteiger partial charge in [0.25, 0.3) is 0 Å². The normalized spacial score (nSPS) is 14.5. The molecule has 0 saturated heterocycles. The second-order valence-electron chi connectivity index (χ2n) is 12.4. The fourth-order valence-corrected chi connectivity index (χ4v) is 6.12. The Morgan fingerprint density at radius 2 is 1.55 bits per heavy atom. The van der Waals surface area contributed by atoms with E-state index in [1.165, 1.54) is 23.5 Å². The van der Waals surface area contributed by atoms with E-state index in [0.29, 0.717) is 5.75 Å². The number of carbonyl (C=O) groups is 2. The van der Waals surface area contributed by atoms with Crippen LogP contribution < -0.4 is 15.4 Å². The van der Waals surface area contributed by atoms with Crippen molar-refractivity contribution in [2.45, 2.75) is 64.1 Å². The van der Waals surface area contributed by atoms with E-state index in [2.05, 4.69) is 10.6 Å². The summed E-state index contributed by atoms with van der Waals surface area (Å²) >= 11 is 0. The second-order valence-corrected chi connectivity index (χ2v) is 14.3. The van der Waals surface area contributed by atoms with Crippen LogP contribution in [0.15, 0.2) is 59.5 Å². The Morgan fingerprint density at radius 1 is 0.952 bits per heavy atom. The van der Waals surface area contributed by atoms with E-state index >= 15 is 0 Å². The van der Waals surface area contributed by atoms with Gasteiger partial charge in [-0.25, -0.2) is 8.42 Å². The average molecular weight is 605 g/mol. The number of sulfonamides is 1. The van der Waals surface area contributed by atoms with E-state index in [1.54, 1.807) is 31.1 Å². The van der Waals surface area contributed by atoms with Crippen LogP contribution in [0.1, 0.15) is 40.2 Å². The number of carbonyl (C=O) groups excluding carboxylic acids is 2. The predicted octanol–water partition coefficient (Wildman–Crippen LogP) is 2.52. The second kappa shape index (κ2) is 15.5. The van der Waals surface area contributed by atoms with E-state index in [0.717, 1.165) is 5.56 Å². The summed E-state index contributed by atoms with van der Waals surface area (Å²) in [7, 11) is 1.06. The molecule has 0 aliphatic rings. The number of rotatable bonds is 15. The van der Waals surface area contributed by atoms with Crippen LogP contribution in [0.3, 0.4) is 0 Å². The lowest BCUT2D eigenvalue weighted by Gasteiger charge is -2.34. The topological polar surface area (TPSA) is 128 Å². The largest absolute Gasteiger partial charge is 0.497 e. The average Bonchev–Trinajstić information content (AvgIpc) is 2.90. The van der Waals surface area contributed by atoms with Gasteiger partial charge in [0.2, 0.25) is 21.8 Å². The lowest BCUT2D eigenvalue weighted by Crippen LogP contribution is -2.59. The predicted molar refractivity (Wildman–Crippen MR) is 165 cm³/mol. The summed E-state index contributed by atoms with van der Waals surface area (Å²) in [6.45, 7) is 9.39. The van der Waals surface area contributed by atoms with Gasteiger partial charge in [-0.2, -0.15) is 4.31 Å². The molecule has 2 unspecified atom stereocenters. The first-order chi connectivity index (χ1) is 19.5. The van der Waals surface area contributed by atoms with E-state index < -0.39 is 39.5 Å². The van der Waals surface area contributed by atoms with Crippen molar-refractivity contribution < 1.29 is 27.9 Å². The maximum Gasteiger partial charge on any atom is 0.243 e. The quantitative estimate of drug-likeness (QED) is 0.285. The third-order valence-electron chi connectivity index (χ3n) is 6.64. The lowest BCUT2D eigenvalue weighted by molar-refractivity contribution is -0.132. The minimum absolute atomic E-state index is 0.0235. The number of nitrogens with zero attached hydrogens (tertiary/aromatic N) is 2. The molecule has 42 heavy (non-hydrogen) atoms. The van der Waals surface area contributed by atoms with Crippen molar-refractivity contribution in [3.63, 3.8) is 0 Å². The molecule has 2 amide bonds. The number of hydrogen-bond acceptors (Lipinski definition) is 7. The molecule has 2 aromatic rings. The number of likely N-dealkylation sites (N-methyl/N-ethyl adjacent to an activating group) is 1. The molecule has 0 aliphatic carbocycles. The molecular formula is C31H48N4O6S. The molecule has 234 valence electrons. The summed E-state index contributed by atoms with van der Waals surface area (Å²) in [6, 6.07) is 13.7. The number of nitrogens with one attached hydrogen (secondary N) is 2. The zero-order chi connectivity index (χ0) is 31.7. The molecule has 2 rings (SSSR count). The zero-order valence-electron chi connectivity index (χ0n) is 26.1. The van der Waals surface area contributed by atoms with Crippen molar-refractivity contribution in [3.8, 4) is 5.75 Å². The van der Waals surface area contributed by atoms with Crippen LogP contribution in [0.5, 0.6) is 5.75 Å². The molecule has 3 N–H and O–H groups in total. The number of methoxy groups -OCH3 is 1. The Bertz CT molecular complexity index is 1240. The van der Waals surface area contributed by atoms with Crippen molar-refractivity contribution in [3.05, 3.63) is 60.2 Å². The summed E-state index contributed by atoms with van der Waals surface area (Å²) < 4.78 is 33.8. The van der Waals surface area contributed by atoms with Crippen molar-refractivity contribution in [2.75, 3.05) is 40.8 Å². The highest BCUT2D eigenvalue weighted by molar-refractivity contribution is 7.89. The van der Waals surface area contributed by atoms with Crippen molar-refractivity contribution in [2.24, 2.45) is 11.3 Å². The highest BCUT2D eigenvalue weighted by atomic mass is 32.2. The maximum atomic E-state index is 13.7. The fourth-order valence-electron chi connectivity index (χ4n) is 4.50. The molecule has 0 radical (unpaired) electrons. The molecule has 0 bridgehead atoms. The highest BCUT2D eigenvalue weighted by Gasteiger charge is 2.36. The minimum Gasteiger partial charge on any atom is -0.497 e. The first-order valence-corrected chi connectivity index (χ1v) is 15.6. The van der Waals surface area contributed by atoms with Crippen LogP contribution in [0.2, 0.25) is 0 Å². The SMILES string of the molecule is COc1ccc(S(=O)(=O)N(CC(C)C)CC(O)C(Cc2ccccc2)NC(=O)[C@@H](NC(=O)CN(C)C)C(C)(C)C)cc1. The van der Waals surface area contributed by atoms with E-state index in [-0.39, 0.29) is 42.8 Å². The number of aliphatic hydroxyl groups excluding tert-OH is 1. The van der Waals surface area contributed by atoms with Gasteiger partial charge in [-0.1, -0.05) is 65.0 Å². The van der Waals surface area contributed by atoms with Crippen LogP contribution in [0.4, 0.5) is 0 Å². The van der Waals surface area contributed by atoms with Crippen LogP contribution in [0.25, 0.3) is 0 Å². The standard InChI is InChI=1S/C31H48N4O6S/c1-22(2)19-35(42(39,40)25-16-14-24(41-8)15-17-25)20-27(36)26(18-23-12-10-9-11-13-23)32-30(38)29(31(3,4)5)33-28(37)21-34(6)7/h9-17,22,26-27,29,36H,18-21H2,1-8H3,(H,32,38)(H,33,37)/t26?,27?,29-/m1/s1. The monoisotopic (exact) mass is 604 g/mol. The highest BCUT2D eigenvalue weighted by Crippen LogP contribution is 2.23.